The number of phenolic OH excluding ortho intramolecular Hbond substituents is 1. The quantitative estimate of drug-likeness (QED) is 0.0284. The number of benzene rings is 6. The van der Waals surface area contributed by atoms with Gasteiger partial charge in [-0.1, -0.05) is 59.1 Å². The van der Waals surface area contributed by atoms with E-state index in [1.54, 1.807) is 49.4 Å². The number of sulfonamides is 1. The maximum absolute atomic E-state index is 13.5. The van der Waals surface area contributed by atoms with E-state index in [0.29, 0.717) is 29.3 Å². The molecule has 6 aromatic rings. The summed E-state index contributed by atoms with van der Waals surface area (Å²) in [5.41, 5.74) is 1.61. The molecule has 0 radical (unpaired) electrons. The van der Waals surface area contributed by atoms with Crippen LogP contribution in [0.5, 0.6) is 28.7 Å². The highest BCUT2D eigenvalue weighted by Crippen LogP contribution is 2.47. The number of ether oxygens (including phenoxy) is 2. The summed E-state index contributed by atoms with van der Waals surface area (Å²) >= 11 is 0.443. The number of aromatic hydroxyl groups is 1. The van der Waals surface area contributed by atoms with E-state index in [2.05, 4.69) is 24.3 Å². The first-order chi connectivity index (χ1) is 25.7. The average Bonchev–Trinajstić information content (AvgIpc) is 3.12. The Morgan fingerprint density at radius 3 is 2.00 bits per heavy atom. The number of anilines is 1. The Balaban J connectivity index is 1.50. The predicted molar refractivity (Wildman–Crippen MR) is 201 cm³/mol. The third kappa shape index (κ3) is 8.64. The van der Waals surface area contributed by atoms with E-state index < -0.39 is 36.5 Å². The third-order valence-electron chi connectivity index (χ3n) is 7.96. The molecule has 0 atom stereocenters. The molecular weight excluding hydrogens is 759 g/mol. The van der Waals surface area contributed by atoms with Crippen LogP contribution in [0.15, 0.2) is 134 Å². The first-order valence-electron chi connectivity index (χ1n) is 15.8. The molecule has 6 aromatic carbocycles. The van der Waals surface area contributed by atoms with Gasteiger partial charge in [-0.3, -0.25) is 9.27 Å². The zero-order chi connectivity index (χ0) is 38.6. The summed E-state index contributed by atoms with van der Waals surface area (Å²) in [5.74, 6) is 0.755. The number of aryl methyl sites for hydroxylation is 3. The van der Waals surface area contributed by atoms with Crippen LogP contribution in [0.2, 0.25) is 0 Å². The summed E-state index contributed by atoms with van der Waals surface area (Å²) in [6.07, 6.45) is 0. The Bertz CT molecular complexity index is 2620. The number of nitrogens with one attached hydrogen (secondary N) is 1. The second-order valence-electron chi connectivity index (χ2n) is 11.8. The molecule has 0 unspecified atom stereocenters. The normalized spacial score (nSPS) is 11.9. The molecule has 0 aliphatic carbocycles. The van der Waals surface area contributed by atoms with Crippen LogP contribution in [0.3, 0.4) is 0 Å². The van der Waals surface area contributed by atoms with Gasteiger partial charge in [-0.05, 0) is 91.9 Å². The molecule has 0 spiro atoms. The highest BCUT2D eigenvalue weighted by molar-refractivity contribution is 7.94. The number of fused-ring (bicyclic) bond motifs is 1. The van der Waals surface area contributed by atoms with Gasteiger partial charge in [0.2, 0.25) is 0 Å². The van der Waals surface area contributed by atoms with Crippen molar-refractivity contribution < 1.29 is 50.6 Å². The van der Waals surface area contributed by atoms with E-state index in [1.165, 1.54) is 30.3 Å². The van der Waals surface area contributed by atoms with Crippen LogP contribution in [0.4, 0.5) is 17.1 Å². The minimum atomic E-state index is -5.09. The highest BCUT2D eigenvalue weighted by atomic mass is 32.2. The van der Waals surface area contributed by atoms with Gasteiger partial charge in [-0.25, -0.2) is 13.7 Å². The zero-order valence-electron chi connectivity index (χ0n) is 28.6. The van der Waals surface area contributed by atoms with Crippen LogP contribution in [0.1, 0.15) is 16.7 Å². The lowest BCUT2D eigenvalue weighted by molar-refractivity contribution is -0.432. The molecule has 0 amide bonds. The first kappa shape index (κ1) is 38.2. The number of nitrogens with zero attached hydrogens (tertiary/aromatic N) is 2. The number of phenols is 1. The van der Waals surface area contributed by atoms with Gasteiger partial charge in [0.25, 0.3) is 20.1 Å². The lowest BCUT2D eigenvalue weighted by atomic mass is 10.1. The van der Waals surface area contributed by atoms with Gasteiger partial charge < -0.3 is 14.6 Å². The van der Waals surface area contributed by atoms with Crippen molar-refractivity contribution in [3.05, 3.63) is 126 Å². The van der Waals surface area contributed by atoms with E-state index in [-0.39, 0.29) is 37.7 Å². The van der Waals surface area contributed by atoms with Gasteiger partial charge >= 0.3 is 0 Å². The van der Waals surface area contributed by atoms with Gasteiger partial charge in [0.15, 0.2) is 11.5 Å². The molecular formula is C37H31N3O11S3. The minimum Gasteiger partial charge on any atom is -0.505 e. The van der Waals surface area contributed by atoms with Crippen molar-refractivity contribution in [2.45, 2.75) is 35.5 Å². The van der Waals surface area contributed by atoms with Crippen LogP contribution in [-0.2, 0) is 29.5 Å². The van der Waals surface area contributed by atoms with Crippen molar-refractivity contribution in [2.24, 2.45) is 10.2 Å². The standard InChI is InChI=1S/C37H31N3O11S3/c1-22-12-15-28(16-13-22)53(43,44)40-30-21-27(52-51-50-42)18-25-19-34(54(45,46)47)36(37(41)35(25)30)39-38-29-17-14-26(48-31-10-6-4-8-23(31)2)20-33(29)49-32-11-7-5-9-24(32)3/h4-21,40-42H,1-3H3,(H,45,46,47). The first-order valence-corrected chi connectivity index (χ1v) is 19.5. The fraction of sp³-hybridized carbons (Fsp3) is 0.0811. The maximum atomic E-state index is 13.5. The SMILES string of the molecule is Cc1ccc(S(=O)(=O)Nc2cc(SOOO)cc3cc(S(=O)(=O)O)c(N=Nc4ccc(Oc5ccccc5C)cc4Oc4ccccc4C)c(O)c23)cc1. The number of para-hydroxylation sites is 2. The van der Waals surface area contributed by atoms with E-state index in [9.17, 15) is 26.5 Å². The van der Waals surface area contributed by atoms with Crippen LogP contribution in [0.25, 0.3) is 10.8 Å². The number of hydrogen-bond donors (Lipinski definition) is 4. The van der Waals surface area contributed by atoms with Crippen LogP contribution >= 0.6 is 12.0 Å². The van der Waals surface area contributed by atoms with Gasteiger partial charge in [0.1, 0.15) is 33.5 Å². The smallest absolute Gasteiger partial charge is 0.296 e. The lowest BCUT2D eigenvalue weighted by Gasteiger charge is -2.16. The Kier molecular flexibility index (Phi) is 11.2. The van der Waals surface area contributed by atoms with Crippen molar-refractivity contribution in [1.82, 2.24) is 0 Å². The van der Waals surface area contributed by atoms with E-state index in [0.717, 1.165) is 22.8 Å². The average molecular weight is 790 g/mol. The summed E-state index contributed by atoms with van der Waals surface area (Å²) in [4.78, 5) is -0.871. The Hall–Kier alpha value is -5.53. The molecule has 0 heterocycles. The maximum Gasteiger partial charge on any atom is 0.296 e. The summed E-state index contributed by atoms with van der Waals surface area (Å²) in [6.45, 7) is 5.52. The second-order valence-corrected chi connectivity index (χ2v) is 15.7. The number of hydrogen-bond acceptors (Lipinski definition) is 13. The summed E-state index contributed by atoms with van der Waals surface area (Å²) in [5, 5.41) is 32.1. The molecule has 4 N–H and O–H groups in total. The molecule has 278 valence electrons. The summed E-state index contributed by atoms with van der Waals surface area (Å²) < 4.78 is 82.0. The molecule has 0 aliphatic rings. The summed E-state index contributed by atoms with van der Waals surface area (Å²) in [7, 11) is -9.39. The van der Waals surface area contributed by atoms with Gasteiger partial charge in [0, 0.05) is 11.0 Å². The molecule has 0 bridgehead atoms. The molecule has 0 saturated heterocycles. The predicted octanol–water partition coefficient (Wildman–Crippen LogP) is 9.95. The lowest BCUT2D eigenvalue weighted by Crippen LogP contribution is -2.13. The van der Waals surface area contributed by atoms with Crippen molar-refractivity contribution in [2.75, 3.05) is 4.72 Å². The Labute approximate surface area is 314 Å². The van der Waals surface area contributed by atoms with Gasteiger partial charge in [-0.2, -0.15) is 8.42 Å². The molecule has 0 fully saturated rings. The molecule has 17 heteroatoms. The number of azo groups is 1. The Morgan fingerprint density at radius 1 is 0.722 bits per heavy atom. The number of rotatable bonds is 13. The fourth-order valence-corrected chi connectivity index (χ4v) is 7.44. The fourth-order valence-electron chi connectivity index (χ4n) is 5.27. The molecule has 0 aliphatic heterocycles. The monoisotopic (exact) mass is 789 g/mol. The molecule has 6 rings (SSSR count). The Morgan fingerprint density at radius 2 is 1.37 bits per heavy atom. The minimum absolute atomic E-state index is 0.0735. The highest BCUT2D eigenvalue weighted by Gasteiger charge is 2.26. The molecule has 0 saturated carbocycles. The van der Waals surface area contributed by atoms with Gasteiger partial charge in [0.05, 0.1) is 28.0 Å². The molecule has 0 aromatic heterocycles. The second kappa shape index (κ2) is 15.8. The topological polar surface area (TPSA) is 203 Å². The summed E-state index contributed by atoms with van der Waals surface area (Å²) in [6, 6.07) is 28.7. The van der Waals surface area contributed by atoms with Crippen molar-refractivity contribution >= 4 is 60.0 Å². The van der Waals surface area contributed by atoms with E-state index >= 15 is 0 Å². The van der Waals surface area contributed by atoms with E-state index in [1.807, 2.05) is 44.2 Å². The van der Waals surface area contributed by atoms with Crippen LogP contribution in [-0.4, -0.2) is 31.8 Å². The van der Waals surface area contributed by atoms with Crippen molar-refractivity contribution in [1.29, 1.82) is 0 Å². The molecule has 14 nitrogen and oxygen atoms in total. The zero-order valence-corrected chi connectivity index (χ0v) is 31.1. The van der Waals surface area contributed by atoms with Crippen LogP contribution in [0, 0.1) is 20.8 Å². The van der Waals surface area contributed by atoms with Crippen LogP contribution < -0.4 is 14.2 Å². The largest absolute Gasteiger partial charge is 0.505 e. The third-order valence-corrected chi connectivity index (χ3v) is 10.8. The van der Waals surface area contributed by atoms with E-state index in [4.69, 9.17) is 14.7 Å². The molecule has 54 heavy (non-hydrogen) atoms. The van der Waals surface area contributed by atoms with Crippen molar-refractivity contribution in [3.63, 3.8) is 0 Å². The van der Waals surface area contributed by atoms with Crippen molar-refractivity contribution in [3.8, 4) is 28.7 Å². The van der Waals surface area contributed by atoms with Gasteiger partial charge in [-0.15, -0.1) is 14.6 Å².